The van der Waals surface area contributed by atoms with E-state index in [2.05, 4.69) is 15.0 Å². The number of sulfonamides is 1. The number of amides is 1. The quantitative estimate of drug-likeness (QED) is 0.598. The molecule has 9 heteroatoms. The van der Waals surface area contributed by atoms with Gasteiger partial charge in [-0.1, -0.05) is 12.1 Å². The number of nitrogens with zero attached hydrogens (tertiary/aromatic N) is 1. The van der Waals surface area contributed by atoms with Crippen LogP contribution in [0.2, 0.25) is 0 Å². The van der Waals surface area contributed by atoms with Crippen LogP contribution >= 0.6 is 11.8 Å². The number of benzene rings is 3. The molecule has 0 fully saturated rings. The van der Waals surface area contributed by atoms with E-state index in [1.165, 1.54) is 18.2 Å². The first-order valence-electron chi connectivity index (χ1n) is 9.95. The van der Waals surface area contributed by atoms with Gasteiger partial charge in [0.25, 0.3) is 15.9 Å². The summed E-state index contributed by atoms with van der Waals surface area (Å²) in [5.74, 6) is 0.518. The van der Waals surface area contributed by atoms with Crippen LogP contribution in [-0.2, 0) is 10.0 Å². The number of hydrogen-bond donors (Lipinski definition) is 2. The second-order valence-electron chi connectivity index (χ2n) is 7.46. The fourth-order valence-corrected chi connectivity index (χ4v) is 6.08. The molecule has 2 N–H and O–H groups in total. The Kier molecular flexibility index (Phi) is 5.22. The Labute approximate surface area is 189 Å². The van der Waals surface area contributed by atoms with Crippen LogP contribution in [0.5, 0.6) is 0 Å². The Morgan fingerprint density at radius 3 is 2.66 bits per heavy atom. The lowest BCUT2D eigenvalue weighted by Gasteiger charge is -2.26. The van der Waals surface area contributed by atoms with Crippen LogP contribution in [0.3, 0.4) is 0 Å². The second-order valence-corrected chi connectivity index (χ2v) is 10.2. The fourth-order valence-electron chi connectivity index (χ4n) is 3.79. The lowest BCUT2D eigenvalue weighted by molar-refractivity contribution is 0.0935. The zero-order valence-corrected chi connectivity index (χ0v) is 18.3. The fraction of sp³-hybridized carbons (Fsp3) is 0.130. The number of fused-ring (bicyclic) bond motifs is 2. The molecule has 0 aliphatic carbocycles. The molecule has 2 aliphatic rings. The van der Waals surface area contributed by atoms with Gasteiger partial charge in [0.1, 0.15) is 10.7 Å². The first-order valence-corrected chi connectivity index (χ1v) is 12.4. The van der Waals surface area contributed by atoms with Gasteiger partial charge in [0, 0.05) is 27.5 Å². The maximum atomic E-state index is 13.7. The highest BCUT2D eigenvalue weighted by Gasteiger charge is 2.28. The highest BCUT2D eigenvalue weighted by atomic mass is 32.2. The van der Waals surface area contributed by atoms with E-state index in [-0.39, 0.29) is 28.5 Å². The Hall–Kier alpha value is -3.17. The first-order chi connectivity index (χ1) is 15.4. The van der Waals surface area contributed by atoms with E-state index < -0.39 is 10.0 Å². The van der Waals surface area contributed by atoms with E-state index in [1.807, 2.05) is 0 Å². The largest absolute Gasteiger partial charge is 0.345 e. The molecule has 0 radical (unpaired) electrons. The van der Waals surface area contributed by atoms with Crippen molar-refractivity contribution in [2.45, 2.75) is 22.3 Å². The van der Waals surface area contributed by atoms with Gasteiger partial charge in [-0.25, -0.2) is 4.39 Å². The molecular weight excluding hydrogens is 449 g/mol. The first kappa shape index (κ1) is 20.7. The van der Waals surface area contributed by atoms with Gasteiger partial charge in [-0.15, -0.1) is 16.2 Å². The molecule has 0 saturated carbocycles. The van der Waals surface area contributed by atoms with Gasteiger partial charge >= 0.3 is 0 Å². The molecular formula is C23H18FN3O3S2. The monoisotopic (exact) mass is 467 g/mol. The average molecular weight is 468 g/mol. The number of hydrogen-bond acceptors (Lipinski definition) is 5. The summed E-state index contributed by atoms with van der Waals surface area (Å²) in [6.45, 7) is 0. The number of thioether (sulfide) groups is 1. The molecule has 0 aromatic heterocycles. The SMILES string of the molecule is O=C(NC1CCSc2ccc(F)cc21)c1ccc(NC2=NS(=O)(=O)c3ccccc32)cc1. The predicted molar refractivity (Wildman–Crippen MR) is 122 cm³/mol. The summed E-state index contributed by atoms with van der Waals surface area (Å²) in [6, 6.07) is 17.7. The zero-order valence-electron chi connectivity index (χ0n) is 16.7. The molecule has 1 amide bonds. The Bertz CT molecular complexity index is 1360. The molecule has 162 valence electrons. The summed E-state index contributed by atoms with van der Waals surface area (Å²) in [7, 11) is -3.71. The normalized spacial score (nSPS) is 18.3. The third-order valence-electron chi connectivity index (χ3n) is 5.36. The van der Waals surface area contributed by atoms with Crippen LogP contribution < -0.4 is 10.6 Å². The van der Waals surface area contributed by atoms with E-state index in [0.717, 1.165) is 22.6 Å². The van der Waals surface area contributed by atoms with Gasteiger partial charge in [0.2, 0.25) is 0 Å². The van der Waals surface area contributed by atoms with E-state index in [9.17, 15) is 17.6 Å². The number of anilines is 1. The van der Waals surface area contributed by atoms with E-state index >= 15 is 0 Å². The third kappa shape index (κ3) is 3.89. The maximum Gasteiger partial charge on any atom is 0.285 e. The van der Waals surface area contributed by atoms with Crippen molar-refractivity contribution in [1.82, 2.24) is 5.32 Å². The van der Waals surface area contributed by atoms with Gasteiger partial charge in [0.05, 0.1) is 6.04 Å². The summed E-state index contributed by atoms with van der Waals surface area (Å²) in [5, 5.41) is 6.01. The molecule has 32 heavy (non-hydrogen) atoms. The molecule has 2 heterocycles. The molecule has 0 saturated heterocycles. The summed E-state index contributed by atoms with van der Waals surface area (Å²) in [5.41, 5.74) is 2.36. The molecule has 5 rings (SSSR count). The number of rotatable bonds is 3. The van der Waals surface area contributed by atoms with Crippen molar-refractivity contribution in [3.8, 4) is 0 Å². The van der Waals surface area contributed by atoms with Crippen molar-refractivity contribution in [2.75, 3.05) is 11.1 Å². The molecule has 2 aliphatic heterocycles. The Morgan fingerprint density at radius 2 is 1.84 bits per heavy atom. The lowest BCUT2D eigenvalue weighted by Crippen LogP contribution is -2.30. The van der Waals surface area contributed by atoms with Gasteiger partial charge < -0.3 is 10.6 Å². The minimum Gasteiger partial charge on any atom is -0.345 e. The highest BCUT2D eigenvalue weighted by Crippen LogP contribution is 2.36. The van der Waals surface area contributed by atoms with Crippen LogP contribution in [0.4, 0.5) is 10.1 Å². The number of carbonyl (C=O) groups excluding carboxylic acids is 1. The van der Waals surface area contributed by atoms with Crippen molar-refractivity contribution in [3.05, 3.63) is 89.2 Å². The molecule has 3 aromatic rings. The predicted octanol–water partition coefficient (Wildman–Crippen LogP) is 4.35. The Morgan fingerprint density at radius 1 is 1.06 bits per heavy atom. The topological polar surface area (TPSA) is 87.6 Å². The van der Waals surface area contributed by atoms with E-state index in [0.29, 0.717) is 16.8 Å². The maximum absolute atomic E-state index is 13.7. The van der Waals surface area contributed by atoms with Crippen LogP contribution in [0, 0.1) is 5.82 Å². The highest BCUT2D eigenvalue weighted by molar-refractivity contribution is 7.99. The van der Waals surface area contributed by atoms with Crippen LogP contribution in [0.25, 0.3) is 0 Å². The minimum absolute atomic E-state index is 0.167. The lowest BCUT2D eigenvalue weighted by atomic mass is 10.0. The molecule has 1 unspecified atom stereocenters. The average Bonchev–Trinajstić information content (AvgIpc) is 3.04. The van der Waals surface area contributed by atoms with Crippen LogP contribution in [-0.4, -0.2) is 25.9 Å². The van der Waals surface area contributed by atoms with Crippen LogP contribution in [0.1, 0.15) is 33.9 Å². The van der Waals surface area contributed by atoms with Gasteiger partial charge in [-0.2, -0.15) is 8.42 Å². The molecule has 3 aromatic carbocycles. The summed E-state index contributed by atoms with van der Waals surface area (Å²) in [4.78, 5) is 13.9. The van der Waals surface area contributed by atoms with Crippen molar-refractivity contribution in [2.24, 2.45) is 4.40 Å². The zero-order chi connectivity index (χ0) is 22.3. The summed E-state index contributed by atoms with van der Waals surface area (Å²) < 4.78 is 41.9. The van der Waals surface area contributed by atoms with Crippen molar-refractivity contribution in [3.63, 3.8) is 0 Å². The second kappa shape index (κ2) is 8.07. The number of halogens is 1. The molecule has 6 nitrogen and oxygen atoms in total. The summed E-state index contributed by atoms with van der Waals surface area (Å²) >= 11 is 1.66. The van der Waals surface area contributed by atoms with Gasteiger partial charge in [0.15, 0.2) is 5.84 Å². The number of amidine groups is 1. The van der Waals surface area contributed by atoms with Gasteiger partial charge in [-0.05, 0) is 66.6 Å². The standard InChI is InChI=1S/C23H18FN3O3S2/c24-15-7-10-20-18(13-15)19(11-12-31-20)26-23(28)14-5-8-16(9-6-14)25-22-17-3-1-2-4-21(17)32(29,30)27-22/h1-10,13,19H,11-12H2,(H,25,27)(H,26,28). The number of carbonyl (C=O) groups is 1. The number of nitrogens with one attached hydrogen (secondary N) is 2. The van der Waals surface area contributed by atoms with Gasteiger partial charge in [-0.3, -0.25) is 4.79 Å². The third-order valence-corrected chi connectivity index (χ3v) is 7.82. The van der Waals surface area contributed by atoms with Crippen molar-refractivity contribution >= 4 is 39.2 Å². The minimum atomic E-state index is -3.71. The van der Waals surface area contributed by atoms with Crippen molar-refractivity contribution in [1.29, 1.82) is 0 Å². The molecule has 0 spiro atoms. The van der Waals surface area contributed by atoms with Crippen molar-refractivity contribution < 1.29 is 17.6 Å². The smallest absolute Gasteiger partial charge is 0.285 e. The Balaban J connectivity index is 1.31. The van der Waals surface area contributed by atoms with Crippen LogP contribution in [0.15, 0.2) is 80.9 Å². The molecule has 1 atom stereocenters. The molecule has 0 bridgehead atoms. The summed E-state index contributed by atoms with van der Waals surface area (Å²) in [6.07, 6.45) is 0.722. The van der Waals surface area contributed by atoms with E-state index in [4.69, 9.17) is 0 Å². The van der Waals surface area contributed by atoms with E-state index in [1.54, 1.807) is 60.3 Å².